The Labute approximate surface area is 124 Å². The molecular weight excluding hydrogens is 266 g/mol. The summed E-state index contributed by atoms with van der Waals surface area (Å²) in [4.78, 5) is 0. The fourth-order valence-electron chi connectivity index (χ4n) is 2.60. The molecule has 1 heterocycles. The van der Waals surface area contributed by atoms with Gasteiger partial charge in [0.1, 0.15) is 17.2 Å². The summed E-state index contributed by atoms with van der Waals surface area (Å²) in [5, 5.41) is 13.1. The molecule has 2 aromatic carbocycles. The molecule has 0 radical (unpaired) electrons. The highest BCUT2D eigenvalue weighted by Gasteiger charge is 2.22. The SMILES string of the molecule is COc1ccc2c(c1)C(Nc1ccc(O)c(C)c1)CCO2. The quantitative estimate of drug-likeness (QED) is 0.845. The van der Waals surface area contributed by atoms with Crippen LogP contribution < -0.4 is 14.8 Å². The van der Waals surface area contributed by atoms with Crippen LogP contribution in [0.25, 0.3) is 0 Å². The summed E-state index contributed by atoms with van der Waals surface area (Å²) in [5.74, 6) is 2.04. The van der Waals surface area contributed by atoms with Crippen LogP contribution in [-0.2, 0) is 0 Å². The van der Waals surface area contributed by atoms with Gasteiger partial charge in [-0.05, 0) is 48.9 Å². The van der Waals surface area contributed by atoms with Crippen LogP contribution in [0.2, 0.25) is 0 Å². The average Bonchev–Trinajstić information content (AvgIpc) is 2.51. The van der Waals surface area contributed by atoms with Crippen molar-refractivity contribution in [2.24, 2.45) is 0 Å². The molecule has 0 saturated heterocycles. The van der Waals surface area contributed by atoms with Crippen molar-refractivity contribution in [1.29, 1.82) is 0 Å². The minimum Gasteiger partial charge on any atom is -0.508 e. The van der Waals surface area contributed by atoms with Crippen molar-refractivity contribution in [3.8, 4) is 17.2 Å². The third-order valence-corrected chi connectivity index (χ3v) is 3.79. The van der Waals surface area contributed by atoms with E-state index in [4.69, 9.17) is 9.47 Å². The molecule has 0 spiro atoms. The minimum absolute atomic E-state index is 0.174. The number of fused-ring (bicyclic) bond motifs is 1. The zero-order chi connectivity index (χ0) is 14.8. The van der Waals surface area contributed by atoms with E-state index < -0.39 is 0 Å². The number of hydrogen-bond acceptors (Lipinski definition) is 4. The Hall–Kier alpha value is -2.36. The van der Waals surface area contributed by atoms with Gasteiger partial charge in [-0.2, -0.15) is 0 Å². The molecule has 2 aromatic rings. The van der Waals surface area contributed by atoms with Crippen LogP contribution in [0.5, 0.6) is 17.2 Å². The number of aryl methyl sites for hydroxylation is 1. The summed E-state index contributed by atoms with van der Waals surface area (Å²) in [6.45, 7) is 2.58. The Morgan fingerprint density at radius 2 is 2.10 bits per heavy atom. The van der Waals surface area contributed by atoms with E-state index in [0.717, 1.165) is 34.7 Å². The first-order chi connectivity index (χ1) is 10.2. The molecule has 0 aliphatic carbocycles. The van der Waals surface area contributed by atoms with E-state index in [1.54, 1.807) is 13.2 Å². The number of hydrogen-bond donors (Lipinski definition) is 2. The number of nitrogens with one attached hydrogen (secondary N) is 1. The topological polar surface area (TPSA) is 50.7 Å². The predicted octanol–water partition coefficient (Wildman–Crippen LogP) is 3.64. The highest BCUT2D eigenvalue weighted by molar-refractivity contribution is 5.54. The number of anilines is 1. The number of phenolic OH excluding ortho intramolecular Hbond substituents is 1. The zero-order valence-electron chi connectivity index (χ0n) is 12.2. The molecule has 1 aliphatic heterocycles. The molecule has 110 valence electrons. The van der Waals surface area contributed by atoms with E-state index in [-0.39, 0.29) is 6.04 Å². The first kappa shape index (κ1) is 13.6. The van der Waals surface area contributed by atoms with Gasteiger partial charge in [0.05, 0.1) is 19.8 Å². The van der Waals surface area contributed by atoms with E-state index in [2.05, 4.69) is 5.32 Å². The number of phenols is 1. The van der Waals surface area contributed by atoms with Crippen LogP contribution >= 0.6 is 0 Å². The van der Waals surface area contributed by atoms with E-state index in [1.165, 1.54) is 0 Å². The van der Waals surface area contributed by atoms with Gasteiger partial charge in [0.15, 0.2) is 0 Å². The monoisotopic (exact) mass is 285 g/mol. The van der Waals surface area contributed by atoms with Gasteiger partial charge in [0.2, 0.25) is 0 Å². The fraction of sp³-hybridized carbons (Fsp3) is 0.294. The molecule has 0 amide bonds. The molecule has 0 bridgehead atoms. The molecule has 1 aliphatic rings. The third kappa shape index (κ3) is 2.75. The van der Waals surface area contributed by atoms with Gasteiger partial charge in [0.25, 0.3) is 0 Å². The highest BCUT2D eigenvalue weighted by atomic mass is 16.5. The number of benzene rings is 2. The van der Waals surface area contributed by atoms with E-state index in [0.29, 0.717) is 12.4 Å². The summed E-state index contributed by atoms with van der Waals surface area (Å²) >= 11 is 0. The molecule has 1 unspecified atom stereocenters. The lowest BCUT2D eigenvalue weighted by molar-refractivity contribution is 0.273. The predicted molar refractivity (Wildman–Crippen MR) is 82.3 cm³/mol. The summed E-state index contributed by atoms with van der Waals surface area (Å²) in [7, 11) is 1.66. The van der Waals surface area contributed by atoms with Gasteiger partial charge in [-0.15, -0.1) is 0 Å². The Bertz CT molecular complexity index is 654. The Morgan fingerprint density at radius 1 is 1.24 bits per heavy atom. The second-order valence-corrected chi connectivity index (χ2v) is 5.24. The Kier molecular flexibility index (Phi) is 3.60. The molecule has 21 heavy (non-hydrogen) atoms. The van der Waals surface area contributed by atoms with Crippen LogP contribution in [0.1, 0.15) is 23.6 Å². The fourth-order valence-corrected chi connectivity index (χ4v) is 2.60. The number of methoxy groups -OCH3 is 1. The maximum Gasteiger partial charge on any atom is 0.124 e. The van der Waals surface area contributed by atoms with Crippen molar-refractivity contribution < 1.29 is 14.6 Å². The van der Waals surface area contributed by atoms with Crippen molar-refractivity contribution in [3.63, 3.8) is 0 Å². The van der Waals surface area contributed by atoms with Crippen molar-refractivity contribution in [2.45, 2.75) is 19.4 Å². The first-order valence-corrected chi connectivity index (χ1v) is 7.04. The molecule has 0 aromatic heterocycles. The lowest BCUT2D eigenvalue weighted by atomic mass is 9.99. The molecule has 0 fully saturated rings. The van der Waals surface area contributed by atoms with Crippen LogP contribution in [-0.4, -0.2) is 18.8 Å². The third-order valence-electron chi connectivity index (χ3n) is 3.79. The van der Waals surface area contributed by atoms with Gasteiger partial charge in [-0.3, -0.25) is 0 Å². The standard InChI is InChI=1S/C17H19NO3/c1-11-9-12(3-5-16(11)19)18-15-7-8-21-17-6-4-13(20-2)10-14(15)17/h3-6,9-10,15,18-19H,7-8H2,1-2H3. The van der Waals surface area contributed by atoms with Gasteiger partial charge >= 0.3 is 0 Å². The van der Waals surface area contributed by atoms with Crippen molar-refractivity contribution in [1.82, 2.24) is 0 Å². The second-order valence-electron chi connectivity index (χ2n) is 5.24. The molecule has 2 N–H and O–H groups in total. The molecular formula is C17H19NO3. The summed E-state index contributed by atoms with van der Waals surface area (Å²) in [5.41, 5.74) is 2.95. The molecule has 4 heteroatoms. The normalized spacial score (nSPS) is 16.8. The summed E-state index contributed by atoms with van der Waals surface area (Å²) in [6, 6.07) is 11.6. The first-order valence-electron chi connectivity index (χ1n) is 7.04. The smallest absolute Gasteiger partial charge is 0.124 e. The van der Waals surface area contributed by atoms with Gasteiger partial charge < -0.3 is 19.9 Å². The average molecular weight is 285 g/mol. The van der Waals surface area contributed by atoms with Gasteiger partial charge in [0, 0.05) is 17.7 Å². The van der Waals surface area contributed by atoms with Crippen LogP contribution in [0.15, 0.2) is 36.4 Å². The lowest BCUT2D eigenvalue weighted by Gasteiger charge is -2.28. The van der Waals surface area contributed by atoms with Crippen LogP contribution in [0.4, 0.5) is 5.69 Å². The number of aromatic hydroxyl groups is 1. The van der Waals surface area contributed by atoms with Crippen LogP contribution in [0, 0.1) is 6.92 Å². The van der Waals surface area contributed by atoms with Crippen LogP contribution in [0.3, 0.4) is 0 Å². The molecule has 1 atom stereocenters. The van der Waals surface area contributed by atoms with Crippen molar-refractivity contribution in [2.75, 3.05) is 19.0 Å². The highest BCUT2D eigenvalue weighted by Crippen LogP contribution is 2.37. The van der Waals surface area contributed by atoms with Crippen molar-refractivity contribution in [3.05, 3.63) is 47.5 Å². The maximum atomic E-state index is 9.61. The summed E-state index contributed by atoms with van der Waals surface area (Å²) < 4.78 is 11.0. The largest absolute Gasteiger partial charge is 0.508 e. The van der Waals surface area contributed by atoms with E-state index >= 15 is 0 Å². The zero-order valence-corrected chi connectivity index (χ0v) is 12.2. The molecule has 3 rings (SSSR count). The summed E-state index contributed by atoms with van der Waals surface area (Å²) in [6.07, 6.45) is 0.889. The lowest BCUT2D eigenvalue weighted by Crippen LogP contribution is -2.20. The number of ether oxygens (including phenoxy) is 2. The Morgan fingerprint density at radius 3 is 2.86 bits per heavy atom. The minimum atomic E-state index is 0.174. The molecule has 4 nitrogen and oxygen atoms in total. The van der Waals surface area contributed by atoms with Gasteiger partial charge in [-0.25, -0.2) is 0 Å². The van der Waals surface area contributed by atoms with E-state index in [9.17, 15) is 5.11 Å². The van der Waals surface area contributed by atoms with Gasteiger partial charge in [-0.1, -0.05) is 0 Å². The number of rotatable bonds is 3. The second kappa shape index (κ2) is 5.56. The van der Waals surface area contributed by atoms with E-state index in [1.807, 2.05) is 37.3 Å². The maximum absolute atomic E-state index is 9.61. The van der Waals surface area contributed by atoms with Crippen molar-refractivity contribution >= 4 is 5.69 Å². The molecule has 0 saturated carbocycles. The Balaban J connectivity index is 1.88.